The van der Waals surface area contributed by atoms with Gasteiger partial charge in [-0.05, 0) is 39.0 Å². The Labute approximate surface area is 143 Å². The lowest BCUT2D eigenvalue weighted by Gasteiger charge is -2.18. The smallest absolute Gasteiger partial charge is 0.130 e. The van der Waals surface area contributed by atoms with E-state index in [9.17, 15) is 9.50 Å². The number of hydrogen-bond donors (Lipinski definition) is 2. The maximum absolute atomic E-state index is 14.4. The molecule has 0 aliphatic carbocycles. The number of aromatic nitrogens is 5. The highest BCUT2D eigenvalue weighted by atomic mass is 19.1. The van der Waals surface area contributed by atoms with Gasteiger partial charge in [-0.25, -0.2) is 9.07 Å². The zero-order valence-corrected chi connectivity index (χ0v) is 14.4. The van der Waals surface area contributed by atoms with Crippen LogP contribution in [-0.4, -0.2) is 30.1 Å². The number of nitrogens with one attached hydrogen (secondary N) is 1. The van der Waals surface area contributed by atoms with Gasteiger partial charge < -0.3 is 10.1 Å². The highest BCUT2D eigenvalue weighted by Gasteiger charge is 2.22. The monoisotopic (exact) mass is 339 g/mol. The summed E-state index contributed by atoms with van der Waals surface area (Å²) in [5.74, 6) is -0.446. The maximum atomic E-state index is 14.4. The molecule has 0 saturated heterocycles. The molecule has 0 amide bonds. The first kappa shape index (κ1) is 15.7. The summed E-state index contributed by atoms with van der Waals surface area (Å²) in [6.07, 6.45) is 1.74. The molecular formula is C18H18FN5O. The van der Waals surface area contributed by atoms with E-state index in [-0.39, 0.29) is 5.56 Å². The Morgan fingerprint density at radius 3 is 2.60 bits per heavy atom. The number of rotatable bonds is 2. The van der Waals surface area contributed by atoms with E-state index in [2.05, 4.69) is 20.3 Å². The van der Waals surface area contributed by atoms with Crippen LogP contribution in [0.25, 0.3) is 33.2 Å². The second-order valence-corrected chi connectivity index (χ2v) is 6.83. The van der Waals surface area contributed by atoms with Gasteiger partial charge in [0, 0.05) is 35.3 Å². The second kappa shape index (κ2) is 5.10. The Balaban J connectivity index is 1.96. The summed E-state index contributed by atoms with van der Waals surface area (Å²) >= 11 is 0. The lowest BCUT2D eigenvalue weighted by molar-refractivity contribution is 0.0747. The fourth-order valence-corrected chi connectivity index (χ4v) is 3.25. The molecule has 4 rings (SSSR count). The van der Waals surface area contributed by atoms with E-state index in [0.29, 0.717) is 10.9 Å². The molecule has 25 heavy (non-hydrogen) atoms. The number of aryl methyl sites for hydroxylation is 2. The summed E-state index contributed by atoms with van der Waals surface area (Å²) in [4.78, 5) is 7.78. The van der Waals surface area contributed by atoms with Gasteiger partial charge in [-0.15, -0.1) is 5.10 Å². The van der Waals surface area contributed by atoms with Crippen molar-refractivity contribution in [3.63, 3.8) is 0 Å². The summed E-state index contributed by atoms with van der Waals surface area (Å²) in [5, 5.41) is 18.9. The molecule has 3 aromatic heterocycles. The van der Waals surface area contributed by atoms with Gasteiger partial charge in [-0.3, -0.25) is 4.98 Å². The third-order valence-corrected chi connectivity index (χ3v) is 4.45. The molecular weight excluding hydrogens is 321 g/mol. The average molecular weight is 339 g/mol. The van der Waals surface area contributed by atoms with E-state index < -0.39 is 11.4 Å². The number of aliphatic hydroxyl groups is 1. The molecule has 0 aliphatic rings. The van der Waals surface area contributed by atoms with Gasteiger partial charge in [0.1, 0.15) is 5.82 Å². The van der Waals surface area contributed by atoms with Crippen LogP contribution in [0.5, 0.6) is 0 Å². The minimum Gasteiger partial charge on any atom is -0.386 e. The van der Waals surface area contributed by atoms with Crippen molar-refractivity contribution >= 4 is 21.9 Å². The fourth-order valence-electron chi connectivity index (χ4n) is 3.25. The zero-order valence-electron chi connectivity index (χ0n) is 14.4. The van der Waals surface area contributed by atoms with Crippen LogP contribution in [0, 0.1) is 12.7 Å². The summed E-state index contributed by atoms with van der Waals surface area (Å²) in [6, 6.07) is 5.02. The van der Waals surface area contributed by atoms with Crippen LogP contribution < -0.4 is 0 Å². The Morgan fingerprint density at radius 1 is 1.20 bits per heavy atom. The quantitative estimate of drug-likeness (QED) is 0.588. The van der Waals surface area contributed by atoms with Crippen molar-refractivity contribution in [3.8, 4) is 11.3 Å². The maximum Gasteiger partial charge on any atom is 0.130 e. The Bertz CT molecular complexity index is 1100. The summed E-state index contributed by atoms with van der Waals surface area (Å²) in [5.41, 5.74) is 3.79. The molecule has 1 aromatic carbocycles. The van der Waals surface area contributed by atoms with E-state index in [1.807, 2.05) is 20.0 Å². The average Bonchev–Trinajstić information content (AvgIpc) is 3.04. The predicted molar refractivity (Wildman–Crippen MR) is 93.5 cm³/mol. The SMILES string of the molecule is Cc1nnn(C)c1-c1cnc2c(c1)[nH]c1cc(C(C)(C)O)c(F)cc12. The number of pyridine rings is 1. The van der Waals surface area contributed by atoms with Crippen molar-refractivity contribution in [2.75, 3.05) is 0 Å². The Morgan fingerprint density at radius 2 is 1.96 bits per heavy atom. The molecule has 0 saturated carbocycles. The first-order chi connectivity index (χ1) is 11.8. The second-order valence-electron chi connectivity index (χ2n) is 6.83. The van der Waals surface area contributed by atoms with E-state index in [1.54, 1.807) is 30.8 Å². The minimum absolute atomic E-state index is 0.249. The molecule has 0 bridgehead atoms. The van der Waals surface area contributed by atoms with Crippen LogP contribution in [0.3, 0.4) is 0 Å². The summed E-state index contributed by atoms with van der Waals surface area (Å²) < 4.78 is 16.1. The topological polar surface area (TPSA) is 79.6 Å². The third-order valence-electron chi connectivity index (χ3n) is 4.45. The molecule has 0 radical (unpaired) electrons. The van der Waals surface area contributed by atoms with Crippen LogP contribution in [0.15, 0.2) is 24.4 Å². The summed E-state index contributed by atoms with van der Waals surface area (Å²) in [6.45, 7) is 5.02. The lowest BCUT2D eigenvalue weighted by atomic mass is 9.96. The highest BCUT2D eigenvalue weighted by Crippen LogP contribution is 2.32. The van der Waals surface area contributed by atoms with Gasteiger partial charge >= 0.3 is 0 Å². The van der Waals surface area contributed by atoms with Crippen molar-refractivity contribution in [1.82, 2.24) is 25.0 Å². The van der Waals surface area contributed by atoms with Crippen LogP contribution >= 0.6 is 0 Å². The van der Waals surface area contributed by atoms with Crippen LogP contribution in [-0.2, 0) is 12.6 Å². The van der Waals surface area contributed by atoms with Gasteiger partial charge in [0.25, 0.3) is 0 Å². The molecule has 0 fully saturated rings. The molecule has 4 aromatic rings. The predicted octanol–water partition coefficient (Wildman–Crippen LogP) is 3.19. The number of aromatic amines is 1. The molecule has 0 atom stereocenters. The largest absolute Gasteiger partial charge is 0.386 e. The van der Waals surface area contributed by atoms with Gasteiger partial charge in [-0.1, -0.05) is 5.21 Å². The van der Waals surface area contributed by atoms with Crippen molar-refractivity contribution < 1.29 is 9.50 Å². The number of halogens is 1. The molecule has 3 heterocycles. The van der Waals surface area contributed by atoms with Crippen LogP contribution in [0.2, 0.25) is 0 Å². The lowest BCUT2D eigenvalue weighted by Crippen LogP contribution is -2.17. The standard InChI is InChI=1S/C18H18FN5O/c1-9-17(24(4)23-22-9)10-5-15-16(20-8-10)11-6-13(19)12(18(2,3)25)7-14(11)21-15/h5-8,21,25H,1-4H3. The van der Waals surface area contributed by atoms with Crippen molar-refractivity contribution in [2.24, 2.45) is 7.05 Å². The molecule has 7 heteroatoms. The first-order valence-corrected chi connectivity index (χ1v) is 7.96. The van der Waals surface area contributed by atoms with Gasteiger partial charge in [0.2, 0.25) is 0 Å². The van der Waals surface area contributed by atoms with Crippen molar-refractivity contribution in [1.29, 1.82) is 0 Å². The van der Waals surface area contributed by atoms with Gasteiger partial charge in [0.15, 0.2) is 0 Å². The van der Waals surface area contributed by atoms with Crippen LogP contribution in [0.1, 0.15) is 25.1 Å². The first-order valence-electron chi connectivity index (χ1n) is 7.96. The summed E-state index contributed by atoms with van der Waals surface area (Å²) in [7, 11) is 1.83. The minimum atomic E-state index is -1.26. The van der Waals surface area contributed by atoms with Gasteiger partial charge in [-0.2, -0.15) is 0 Å². The van der Waals surface area contributed by atoms with Crippen molar-refractivity contribution in [3.05, 3.63) is 41.5 Å². The van der Waals surface area contributed by atoms with E-state index in [1.165, 1.54) is 6.07 Å². The Kier molecular flexibility index (Phi) is 3.20. The molecule has 0 unspecified atom stereocenters. The zero-order chi connectivity index (χ0) is 17.9. The Hall–Kier alpha value is -2.80. The normalized spacial score (nSPS) is 12.4. The van der Waals surface area contributed by atoms with Gasteiger partial charge in [0.05, 0.1) is 28.0 Å². The fraction of sp³-hybridized carbons (Fsp3) is 0.278. The van der Waals surface area contributed by atoms with Crippen molar-refractivity contribution in [2.45, 2.75) is 26.4 Å². The van der Waals surface area contributed by atoms with E-state index >= 15 is 0 Å². The molecule has 0 aliphatic heterocycles. The number of H-pyrrole nitrogens is 1. The van der Waals surface area contributed by atoms with E-state index in [0.717, 1.165) is 28.0 Å². The number of fused-ring (bicyclic) bond motifs is 3. The number of hydrogen-bond acceptors (Lipinski definition) is 4. The molecule has 0 spiro atoms. The molecule has 6 nitrogen and oxygen atoms in total. The number of nitrogens with zero attached hydrogens (tertiary/aromatic N) is 4. The molecule has 2 N–H and O–H groups in total. The molecule has 128 valence electrons. The van der Waals surface area contributed by atoms with Crippen LogP contribution in [0.4, 0.5) is 4.39 Å². The highest BCUT2D eigenvalue weighted by molar-refractivity contribution is 6.05. The third kappa shape index (κ3) is 2.39. The number of benzene rings is 1. The van der Waals surface area contributed by atoms with E-state index in [4.69, 9.17) is 0 Å².